The zero-order chi connectivity index (χ0) is 11.7. The molecule has 0 aromatic heterocycles. The van der Waals surface area contributed by atoms with E-state index >= 15 is 0 Å². The van der Waals surface area contributed by atoms with Gasteiger partial charge in [-0.1, -0.05) is 29.7 Å². The molecule has 3 nitrogen and oxygen atoms in total. The van der Waals surface area contributed by atoms with Gasteiger partial charge < -0.3 is 26.7 Å². The van der Waals surface area contributed by atoms with Gasteiger partial charge >= 0.3 is 0 Å². The Balaban J connectivity index is -0.0000000123. The molecule has 0 aliphatic carbocycles. The van der Waals surface area contributed by atoms with Crippen LogP contribution < -0.4 is 12.4 Å². The zero-order valence-corrected chi connectivity index (χ0v) is 12.5. The van der Waals surface area contributed by atoms with Crippen molar-refractivity contribution in [3.63, 3.8) is 0 Å². The first-order valence-corrected chi connectivity index (χ1v) is 4.47. The van der Waals surface area contributed by atoms with Crippen molar-refractivity contribution < 1.29 is 16.9 Å². The maximum absolute atomic E-state index is 2.12. The maximum Gasteiger partial charge on any atom is 0.0675 e. The third-order valence-electron chi connectivity index (χ3n) is 0. The molecular formula is C14H46ClN3. The van der Waals surface area contributed by atoms with Gasteiger partial charge in [0.25, 0.3) is 0 Å². The number of hydrogen-bond donors (Lipinski definition) is 0. The Morgan fingerprint density at radius 3 is 0.500 bits per heavy atom. The molecule has 0 atom stereocenters. The largest absolute Gasteiger partial charge is 1.00 e. The monoisotopic (exact) mass is 291 g/mol. The predicted molar refractivity (Wildman–Crippen MR) is 90.1 cm³/mol. The van der Waals surface area contributed by atoms with Gasteiger partial charge in [-0.3, -0.25) is 0 Å². The number of halogens is 1. The van der Waals surface area contributed by atoms with Crippen LogP contribution in [-0.2, 0) is 0 Å². The van der Waals surface area contributed by atoms with E-state index in [9.17, 15) is 0 Å². The molecule has 0 unspecified atom stereocenters. The SMILES string of the molecule is C.C.C.C.CN(C)C.CN(C)C.C[N+](C)(C)C.[Cl-]. The van der Waals surface area contributed by atoms with E-state index in [0.717, 1.165) is 4.48 Å². The van der Waals surface area contributed by atoms with Gasteiger partial charge in [0.05, 0.1) is 28.2 Å². The molecule has 124 valence electrons. The van der Waals surface area contributed by atoms with Crippen LogP contribution in [0.4, 0.5) is 0 Å². The third-order valence-corrected chi connectivity index (χ3v) is 0. The van der Waals surface area contributed by atoms with E-state index in [1.54, 1.807) is 0 Å². The van der Waals surface area contributed by atoms with Gasteiger partial charge in [-0.2, -0.15) is 0 Å². The van der Waals surface area contributed by atoms with Crippen molar-refractivity contribution in [1.82, 2.24) is 9.80 Å². The molecule has 0 amide bonds. The first-order chi connectivity index (χ1) is 5.46. The normalized spacial score (nSPS) is 7.33. The fourth-order valence-corrected chi connectivity index (χ4v) is 0. The predicted octanol–water partition coefficient (Wildman–Crippen LogP) is 0.226. The lowest BCUT2D eigenvalue weighted by atomic mass is 10.8. The Labute approximate surface area is 127 Å². The van der Waals surface area contributed by atoms with Crippen LogP contribution in [0, 0.1) is 0 Å². The van der Waals surface area contributed by atoms with Crippen LogP contribution in [0.1, 0.15) is 29.7 Å². The van der Waals surface area contributed by atoms with Crippen LogP contribution in [0.25, 0.3) is 0 Å². The average molecular weight is 292 g/mol. The number of nitrogens with zero attached hydrogens (tertiary/aromatic N) is 3. The highest BCUT2D eigenvalue weighted by Gasteiger charge is 1.88. The molecule has 0 spiro atoms. The summed E-state index contributed by atoms with van der Waals surface area (Å²) < 4.78 is 1.00. The summed E-state index contributed by atoms with van der Waals surface area (Å²) in [5, 5.41) is 0. The Morgan fingerprint density at radius 1 is 0.500 bits per heavy atom. The number of hydrogen-bond acceptors (Lipinski definition) is 2. The van der Waals surface area contributed by atoms with E-state index in [1.807, 2.05) is 52.1 Å². The second-order valence-electron chi connectivity index (χ2n) is 5.37. The Morgan fingerprint density at radius 2 is 0.500 bits per heavy atom. The van der Waals surface area contributed by atoms with Crippen molar-refractivity contribution in [2.75, 3.05) is 70.5 Å². The van der Waals surface area contributed by atoms with Gasteiger partial charge in [-0.05, 0) is 42.3 Å². The molecule has 4 heteroatoms. The average Bonchev–Trinajstić information content (AvgIpc) is 1.50. The van der Waals surface area contributed by atoms with Crippen LogP contribution in [0.3, 0.4) is 0 Å². The van der Waals surface area contributed by atoms with Gasteiger partial charge in [0, 0.05) is 0 Å². The van der Waals surface area contributed by atoms with E-state index in [2.05, 4.69) is 28.2 Å². The highest BCUT2D eigenvalue weighted by Crippen LogP contribution is 1.73. The molecule has 0 N–H and O–H groups in total. The molecule has 0 bridgehead atoms. The lowest BCUT2D eigenvalue weighted by molar-refractivity contribution is -0.849. The molecule has 0 aromatic carbocycles. The molecule has 0 fully saturated rings. The smallest absolute Gasteiger partial charge is 0.0675 e. The molecule has 0 rings (SSSR count). The van der Waals surface area contributed by atoms with E-state index in [4.69, 9.17) is 0 Å². The molecular weight excluding hydrogens is 246 g/mol. The summed E-state index contributed by atoms with van der Waals surface area (Å²) in [5.74, 6) is 0. The highest BCUT2D eigenvalue weighted by atomic mass is 35.5. The standard InChI is InChI=1S/C4H12N.2C3H9N.4CH4.ClH/c1-5(2,3)4;2*1-4(2)3;;;;;/h1-4H3;2*1-3H3;4*1H4;1H/q+1;;;;;;;/p-1. The Bertz CT molecular complexity index is 72.0. The summed E-state index contributed by atoms with van der Waals surface area (Å²) >= 11 is 0. The van der Waals surface area contributed by atoms with Crippen LogP contribution >= 0.6 is 0 Å². The Hall–Kier alpha value is 0.170. The van der Waals surface area contributed by atoms with Crippen molar-refractivity contribution in [1.29, 1.82) is 0 Å². The minimum atomic E-state index is 0. The molecule has 0 aliphatic rings. The van der Waals surface area contributed by atoms with E-state index < -0.39 is 0 Å². The summed E-state index contributed by atoms with van der Waals surface area (Å²) in [6.45, 7) is 0. The lowest BCUT2D eigenvalue weighted by Crippen LogP contribution is -3.00. The fourth-order valence-electron chi connectivity index (χ4n) is 0. The van der Waals surface area contributed by atoms with Crippen molar-refractivity contribution in [3.05, 3.63) is 0 Å². The summed E-state index contributed by atoms with van der Waals surface area (Å²) in [7, 11) is 20.5. The molecule has 0 aliphatic heterocycles. The molecule has 0 saturated heterocycles. The van der Waals surface area contributed by atoms with Crippen LogP contribution in [0.2, 0.25) is 0 Å². The topological polar surface area (TPSA) is 6.48 Å². The van der Waals surface area contributed by atoms with Crippen molar-refractivity contribution >= 4 is 0 Å². The van der Waals surface area contributed by atoms with E-state index in [0.29, 0.717) is 0 Å². The molecule has 0 heterocycles. The molecule has 0 aromatic rings. The molecule has 0 radical (unpaired) electrons. The minimum absolute atomic E-state index is 0. The second kappa shape index (κ2) is 30.3. The summed E-state index contributed by atoms with van der Waals surface area (Å²) in [4.78, 5) is 4.00. The Kier molecular flexibility index (Phi) is 87.2. The van der Waals surface area contributed by atoms with Crippen LogP contribution in [0.15, 0.2) is 0 Å². The summed E-state index contributed by atoms with van der Waals surface area (Å²) in [5.41, 5.74) is 0. The maximum atomic E-state index is 2.12. The van der Waals surface area contributed by atoms with Crippen molar-refractivity contribution in [2.45, 2.75) is 29.7 Å². The van der Waals surface area contributed by atoms with E-state index in [1.165, 1.54) is 0 Å². The van der Waals surface area contributed by atoms with Crippen LogP contribution in [0.5, 0.6) is 0 Å². The number of rotatable bonds is 0. The zero-order valence-electron chi connectivity index (χ0n) is 11.7. The summed E-state index contributed by atoms with van der Waals surface area (Å²) in [6.07, 6.45) is 0. The third kappa shape index (κ3) is 129000. The molecule has 0 saturated carbocycles. The highest BCUT2D eigenvalue weighted by molar-refractivity contribution is 4.09. The second-order valence-corrected chi connectivity index (χ2v) is 5.37. The van der Waals surface area contributed by atoms with E-state index in [-0.39, 0.29) is 42.1 Å². The first-order valence-electron chi connectivity index (χ1n) is 4.47. The van der Waals surface area contributed by atoms with Gasteiger partial charge in [0.15, 0.2) is 0 Å². The van der Waals surface area contributed by atoms with Gasteiger partial charge in [0.1, 0.15) is 0 Å². The van der Waals surface area contributed by atoms with Crippen molar-refractivity contribution in [2.24, 2.45) is 0 Å². The summed E-state index contributed by atoms with van der Waals surface area (Å²) in [6, 6.07) is 0. The van der Waals surface area contributed by atoms with Gasteiger partial charge in [-0.25, -0.2) is 0 Å². The lowest BCUT2D eigenvalue weighted by Gasteiger charge is -2.14. The fraction of sp³-hybridized carbons (Fsp3) is 1.00. The van der Waals surface area contributed by atoms with Gasteiger partial charge in [0.2, 0.25) is 0 Å². The first kappa shape index (κ1) is 51.8. The molecule has 18 heavy (non-hydrogen) atoms. The number of quaternary nitrogens is 1. The van der Waals surface area contributed by atoms with Gasteiger partial charge in [-0.15, -0.1) is 0 Å². The van der Waals surface area contributed by atoms with Crippen LogP contribution in [-0.4, -0.2) is 84.8 Å². The quantitative estimate of drug-likeness (QED) is 0.590. The minimum Gasteiger partial charge on any atom is -1.00 e. The van der Waals surface area contributed by atoms with Crippen molar-refractivity contribution in [3.8, 4) is 0 Å².